The second-order valence-corrected chi connectivity index (χ2v) is 13.3. The molecule has 10 heteroatoms. The van der Waals surface area contributed by atoms with E-state index >= 15 is 0 Å². The number of hydrogen-bond acceptors (Lipinski definition) is 9. The van der Waals surface area contributed by atoms with Crippen molar-refractivity contribution in [2.45, 2.75) is 82.3 Å². The Morgan fingerprint density at radius 3 is 2.16 bits per heavy atom. The molecule has 268 valence electrons. The summed E-state index contributed by atoms with van der Waals surface area (Å²) in [5.41, 5.74) is 2.60. The maximum absolute atomic E-state index is 14.9. The van der Waals surface area contributed by atoms with E-state index < -0.39 is 18.1 Å². The highest BCUT2D eigenvalue weighted by Gasteiger charge is 2.41. The molecular formula is C40H49NO9. The molecule has 3 aliphatic heterocycles. The Bertz CT molecular complexity index is 1610. The maximum Gasteiger partial charge on any atom is 0.329 e. The van der Waals surface area contributed by atoms with Crippen molar-refractivity contribution in [3.05, 3.63) is 71.3 Å². The van der Waals surface area contributed by atoms with Crippen LogP contribution in [-0.2, 0) is 20.7 Å². The van der Waals surface area contributed by atoms with Gasteiger partial charge in [-0.25, -0.2) is 4.79 Å². The van der Waals surface area contributed by atoms with Crippen LogP contribution in [0.1, 0.15) is 86.5 Å². The van der Waals surface area contributed by atoms with E-state index in [1.807, 2.05) is 54.6 Å². The fourth-order valence-electron chi connectivity index (χ4n) is 7.73. The molecule has 3 aromatic carbocycles. The first kappa shape index (κ1) is 35.2. The van der Waals surface area contributed by atoms with Crippen LogP contribution in [0.3, 0.4) is 0 Å². The molecule has 1 saturated heterocycles. The van der Waals surface area contributed by atoms with Gasteiger partial charge in [-0.2, -0.15) is 0 Å². The van der Waals surface area contributed by atoms with Crippen LogP contribution in [0, 0.1) is 5.92 Å². The predicted molar refractivity (Wildman–Crippen MR) is 187 cm³/mol. The van der Waals surface area contributed by atoms with Crippen molar-refractivity contribution >= 4 is 11.9 Å². The Labute approximate surface area is 294 Å². The van der Waals surface area contributed by atoms with Crippen molar-refractivity contribution in [1.82, 2.24) is 4.90 Å². The molecule has 4 aliphatic rings. The van der Waals surface area contributed by atoms with Crippen LogP contribution < -0.4 is 28.4 Å². The quantitative estimate of drug-likeness (QED) is 0.224. The molecule has 0 aromatic heterocycles. The van der Waals surface area contributed by atoms with E-state index in [4.69, 9.17) is 33.2 Å². The number of hydrogen-bond donors (Lipinski definition) is 0. The van der Waals surface area contributed by atoms with Crippen molar-refractivity contribution < 1.29 is 42.7 Å². The zero-order valence-corrected chi connectivity index (χ0v) is 29.6. The number of nitrogens with zero attached hydrogens (tertiary/aromatic N) is 1. The van der Waals surface area contributed by atoms with Gasteiger partial charge < -0.3 is 38.1 Å². The van der Waals surface area contributed by atoms with Crippen molar-refractivity contribution in [2.75, 3.05) is 41.8 Å². The molecule has 3 aromatic rings. The number of esters is 1. The van der Waals surface area contributed by atoms with E-state index in [2.05, 4.69) is 0 Å². The zero-order chi connectivity index (χ0) is 35.0. The summed E-state index contributed by atoms with van der Waals surface area (Å²) >= 11 is 0. The number of aryl methyl sites for hydroxylation is 1. The summed E-state index contributed by atoms with van der Waals surface area (Å²) in [4.78, 5) is 31.0. The third kappa shape index (κ3) is 7.74. The molecule has 1 amide bonds. The van der Waals surface area contributed by atoms with E-state index in [0.717, 1.165) is 61.6 Å². The number of piperidine rings is 1. The Balaban J connectivity index is 1.39. The van der Waals surface area contributed by atoms with E-state index in [9.17, 15) is 9.59 Å². The minimum absolute atomic E-state index is 0.0483. The second kappa shape index (κ2) is 16.4. The lowest BCUT2D eigenvalue weighted by Gasteiger charge is -2.39. The highest BCUT2D eigenvalue weighted by atomic mass is 16.7. The molecule has 4 bridgehead atoms. The summed E-state index contributed by atoms with van der Waals surface area (Å²) in [7, 11) is 6.37. The SMILES string of the molecule is COc1ccc(CC[C@H]2OC(=O)[C@@H]3CCCCN3C(=O)C(C3CCCCC3)c3cc(OC)c(c(OC)c3)OCOc3cccc2c3)cc1OC. The van der Waals surface area contributed by atoms with Crippen molar-refractivity contribution in [1.29, 1.82) is 0 Å². The number of amides is 1. The maximum atomic E-state index is 14.9. The Morgan fingerprint density at radius 1 is 0.720 bits per heavy atom. The van der Waals surface area contributed by atoms with Gasteiger partial charge in [0.05, 0.1) is 34.4 Å². The van der Waals surface area contributed by atoms with E-state index in [1.165, 1.54) is 0 Å². The van der Waals surface area contributed by atoms with Crippen molar-refractivity contribution in [2.24, 2.45) is 5.92 Å². The minimum atomic E-state index is -0.688. The molecule has 2 fully saturated rings. The smallest absolute Gasteiger partial charge is 0.329 e. The summed E-state index contributed by atoms with van der Waals surface area (Å²) in [6.07, 6.45) is 7.88. The zero-order valence-electron chi connectivity index (χ0n) is 29.6. The summed E-state index contributed by atoms with van der Waals surface area (Å²) in [6, 6.07) is 16.4. The van der Waals surface area contributed by atoms with Gasteiger partial charge in [0.2, 0.25) is 18.4 Å². The summed E-state index contributed by atoms with van der Waals surface area (Å²) in [5, 5.41) is 0. The molecule has 1 unspecified atom stereocenters. The standard InChI is InChI=1S/C40H49NO9/c1-44-33-19-17-26(21-34(33)45-2)16-18-32-28-13-10-14-30(22-28)48-25-49-38-35(46-3)23-29(24-36(38)47-4)37(27-11-6-5-7-12-27)39(42)41-20-9-8-15-31(41)40(43)50-32/h10,13-14,17,19,21-24,27,31-32,37H,5-9,11-12,15-16,18,20,25H2,1-4H3/t31-,32+,37?/m0/s1. The highest BCUT2D eigenvalue weighted by molar-refractivity contribution is 5.89. The molecule has 10 nitrogen and oxygen atoms in total. The topological polar surface area (TPSA) is 102 Å². The lowest BCUT2D eigenvalue weighted by molar-refractivity contribution is -0.163. The van der Waals surface area contributed by atoms with Crippen LogP contribution in [0.15, 0.2) is 54.6 Å². The fourth-order valence-corrected chi connectivity index (χ4v) is 7.73. The van der Waals surface area contributed by atoms with Crippen LogP contribution in [-0.4, -0.2) is 64.6 Å². The predicted octanol–water partition coefficient (Wildman–Crippen LogP) is 7.41. The van der Waals surface area contributed by atoms with E-state index in [0.29, 0.717) is 60.3 Å². The summed E-state index contributed by atoms with van der Waals surface area (Å²) in [6.45, 7) is 0.378. The first-order chi connectivity index (χ1) is 24.4. The first-order valence-corrected chi connectivity index (χ1v) is 17.8. The van der Waals surface area contributed by atoms with Crippen LogP contribution in [0.2, 0.25) is 0 Å². The van der Waals surface area contributed by atoms with Gasteiger partial charge in [-0.05, 0) is 104 Å². The fraction of sp³-hybridized carbons (Fsp3) is 0.500. The Hall–Kier alpha value is -4.60. The second-order valence-electron chi connectivity index (χ2n) is 13.3. The van der Waals surface area contributed by atoms with Crippen molar-refractivity contribution in [3.63, 3.8) is 0 Å². The van der Waals surface area contributed by atoms with Crippen LogP contribution >= 0.6 is 0 Å². The third-order valence-corrected chi connectivity index (χ3v) is 10.3. The lowest BCUT2D eigenvalue weighted by atomic mass is 9.75. The van der Waals surface area contributed by atoms with Crippen molar-refractivity contribution in [3.8, 4) is 34.5 Å². The summed E-state index contributed by atoms with van der Waals surface area (Å²) in [5.74, 6) is 2.37. The molecule has 7 rings (SSSR count). The van der Waals surface area contributed by atoms with E-state index in [1.54, 1.807) is 33.3 Å². The highest BCUT2D eigenvalue weighted by Crippen LogP contribution is 2.45. The minimum Gasteiger partial charge on any atom is -0.493 e. The largest absolute Gasteiger partial charge is 0.493 e. The normalized spacial score (nSPS) is 21.6. The third-order valence-electron chi connectivity index (χ3n) is 10.3. The van der Waals surface area contributed by atoms with Gasteiger partial charge >= 0.3 is 5.97 Å². The first-order valence-electron chi connectivity index (χ1n) is 17.8. The molecule has 0 radical (unpaired) electrons. The van der Waals surface area contributed by atoms with Crippen LogP contribution in [0.25, 0.3) is 0 Å². The average Bonchev–Trinajstić information content (AvgIpc) is 3.16. The lowest BCUT2D eigenvalue weighted by Crippen LogP contribution is -2.51. The van der Waals surface area contributed by atoms with Gasteiger partial charge in [-0.1, -0.05) is 37.5 Å². The Kier molecular flexibility index (Phi) is 11.6. The van der Waals surface area contributed by atoms with Gasteiger partial charge in [-0.3, -0.25) is 4.79 Å². The number of benzene rings is 3. The number of fused-ring (bicyclic) bond motifs is 7. The molecule has 3 heterocycles. The number of rotatable bonds is 8. The summed E-state index contributed by atoms with van der Waals surface area (Å²) < 4.78 is 41.2. The number of carbonyl (C=O) groups excluding carboxylic acids is 2. The van der Waals surface area contributed by atoms with Gasteiger partial charge in [-0.15, -0.1) is 0 Å². The average molecular weight is 688 g/mol. The molecule has 0 spiro atoms. The molecule has 3 atom stereocenters. The van der Waals surface area contributed by atoms with Gasteiger partial charge in [0.15, 0.2) is 23.0 Å². The van der Waals surface area contributed by atoms with E-state index in [-0.39, 0.29) is 24.6 Å². The van der Waals surface area contributed by atoms with Gasteiger partial charge in [0.1, 0.15) is 17.9 Å². The monoisotopic (exact) mass is 687 g/mol. The molecule has 1 aliphatic carbocycles. The van der Waals surface area contributed by atoms with Gasteiger partial charge in [0.25, 0.3) is 0 Å². The van der Waals surface area contributed by atoms with Crippen LogP contribution in [0.4, 0.5) is 0 Å². The molecular weight excluding hydrogens is 638 g/mol. The number of methoxy groups -OCH3 is 4. The number of carbonyl (C=O) groups is 2. The molecule has 1 saturated carbocycles. The molecule has 0 N–H and O–H groups in total. The molecule has 50 heavy (non-hydrogen) atoms. The van der Waals surface area contributed by atoms with Gasteiger partial charge in [0, 0.05) is 6.54 Å². The Morgan fingerprint density at radius 2 is 1.44 bits per heavy atom. The van der Waals surface area contributed by atoms with Crippen LogP contribution in [0.5, 0.6) is 34.5 Å². The number of ether oxygens (including phenoxy) is 7.